The van der Waals surface area contributed by atoms with Crippen molar-refractivity contribution in [3.05, 3.63) is 164 Å². The minimum atomic E-state index is 0.584. The molecule has 0 fully saturated rings. The Morgan fingerprint density at radius 2 is 0.880 bits per heavy atom. The molecule has 0 unspecified atom stereocenters. The van der Waals surface area contributed by atoms with E-state index in [2.05, 4.69) is 66.7 Å². The van der Waals surface area contributed by atoms with E-state index < -0.39 is 0 Å². The predicted molar refractivity (Wildman–Crippen MR) is 202 cm³/mol. The molecule has 50 heavy (non-hydrogen) atoms. The molecule has 5 nitrogen and oxygen atoms in total. The monoisotopic (exact) mass is 641 g/mol. The molecule has 10 aromatic rings. The summed E-state index contributed by atoms with van der Waals surface area (Å²) in [5, 5.41) is 4.25. The molecule has 3 heterocycles. The van der Waals surface area contributed by atoms with Crippen LogP contribution in [-0.2, 0) is 0 Å². The van der Waals surface area contributed by atoms with Crippen molar-refractivity contribution in [3.8, 4) is 56.4 Å². The quantitative estimate of drug-likeness (QED) is 0.187. The van der Waals surface area contributed by atoms with Crippen molar-refractivity contribution in [1.29, 1.82) is 0 Å². The van der Waals surface area contributed by atoms with Gasteiger partial charge in [0.15, 0.2) is 17.5 Å². The molecule has 0 aliphatic carbocycles. The zero-order valence-electron chi connectivity index (χ0n) is 26.7. The zero-order chi connectivity index (χ0) is 33.0. The van der Waals surface area contributed by atoms with E-state index >= 15 is 0 Å². The van der Waals surface area contributed by atoms with E-state index in [9.17, 15) is 0 Å². The van der Waals surface area contributed by atoms with Gasteiger partial charge in [0.05, 0.1) is 0 Å². The second kappa shape index (κ2) is 11.4. The lowest BCUT2D eigenvalue weighted by Crippen LogP contribution is -2.00. The lowest BCUT2D eigenvalue weighted by molar-refractivity contribution is 0.669. The lowest BCUT2D eigenvalue weighted by atomic mass is 9.93. The lowest BCUT2D eigenvalue weighted by Gasteiger charge is -2.10. The molecule has 234 valence electrons. The number of nitrogens with zero attached hydrogens (tertiary/aromatic N) is 3. The van der Waals surface area contributed by atoms with Crippen LogP contribution in [0.2, 0.25) is 0 Å². The second-order valence-electron chi connectivity index (χ2n) is 12.4. The summed E-state index contributed by atoms with van der Waals surface area (Å²) in [5.74, 6) is 1.83. The Hall–Kier alpha value is -6.85. The molecule has 0 aliphatic rings. The molecule has 0 atom stereocenters. The highest BCUT2D eigenvalue weighted by molar-refractivity contribution is 6.20. The van der Waals surface area contributed by atoms with Crippen LogP contribution < -0.4 is 0 Å². The van der Waals surface area contributed by atoms with Crippen LogP contribution in [0.25, 0.3) is 100 Å². The number of hydrogen-bond donors (Lipinski definition) is 0. The number of rotatable bonds is 5. The van der Waals surface area contributed by atoms with E-state index in [0.29, 0.717) is 17.5 Å². The van der Waals surface area contributed by atoms with Crippen molar-refractivity contribution in [2.75, 3.05) is 0 Å². The average molecular weight is 642 g/mol. The molecule has 0 saturated heterocycles. The zero-order valence-corrected chi connectivity index (χ0v) is 26.7. The van der Waals surface area contributed by atoms with Gasteiger partial charge in [-0.25, -0.2) is 15.0 Å². The summed E-state index contributed by atoms with van der Waals surface area (Å²) in [4.78, 5) is 14.7. The van der Waals surface area contributed by atoms with Crippen LogP contribution in [0.1, 0.15) is 0 Å². The number of aromatic nitrogens is 3. The largest absolute Gasteiger partial charge is 0.456 e. The van der Waals surface area contributed by atoms with Gasteiger partial charge in [-0.3, -0.25) is 0 Å². The maximum atomic E-state index is 6.66. The Morgan fingerprint density at radius 1 is 0.320 bits per heavy atom. The molecular weight excluding hydrogens is 615 g/mol. The van der Waals surface area contributed by atoms with Crippen LogP contribution in [0.15, 0.2) is 173 Å². The first kappa shape index (κ1) is 28.2. The van der Waals surface area contributed by atoms with Gasteiger partial charge in [-0.2, -0.15) is 0 Å². The van der Waals surface area contributed by atoms with E-state index in [1.54, 1.807) is 0 Å². The number of hydrogen-bond acceptors (Lipinski definition) is 5. The molecule has 5 heteroatoms. The number of para-hydroxylation sites is 1. The summed E-state index contributed by atoms with van der Waals surface area (Å²) < 4.78 is 13.2. The molecule has 0 spiro atoms. The van der Waals surface area contributed by atoms with Gasteiger partial charge in [0, 0.05) is 43.8 Å². The Kier molecular flexibility index (Phi) is 6.42. The highest BCUT2D eigenvalue weighted by Gasteiger charge is 2.21. The van der Waals surface area contributed by atoms with Crippen molar-refractivity contribution in [3.63, 3.8) is 0 Å². The van der Waals surface area contributed by atoms with Crippen molar-refractivity contribution in [2.24, 2.45) is 0 Å². The minimum absolute atomic E-state index is 0.584. The van der Waals surface area contributed by atoms with E-state index in [0.717, 1.165) is 82.8 Å². The van der Waals surface area contributed by atoms with Crippen molar-refractivity contribution >= 4 is 43.9 Å². The Bertz CT molecular complexity index is 2800. The van der Waals surface area contributed by atoms with E-state index in [1.807, 2.05) is 97.1 Å². The van der Waals surface area contributed by atoms with Gasteiger partial charge >= 0.3 is 0 Å². The van der Waals surface area contributed by atoms with Crippen LogP contribution in [-0.4, -0.2) is 15.0 Å². The predicted octanol–water partition coefficient (Wildman–Crippen LogP) is 12.0. The van der Waals surface area contributed by atoms with Gasteiger partial charge < -0.3 is 8.83 Å². The van der Waals surface area contributed by atoms with E-state index in [-0.39, 0.29) is 0 Å². The summed E-state index contributed by atoms with van der Waals surface area (Å²) >= 11 is 0. The van der Waals surface area contributed by atoms with E-state index in [4.69, 9.17) is 23.8 Å². The first-order chi connectivity index (χ1) is 24.8. The minimum Gasteiger partial charge on any atom is -0.456 e. The van der Waals surface area contributed by atoms with Crippen LogP contribution in [0.3, 0.4) is 0 Å². The topological polar surface area (TPSA) is 65.0 Å². The molecule has 10 rings (SSSR count). The Balaban J connectivity index is 1.16. The highest BCUT2D eigenvalue weighted by atomic mass is 16.3. The van der Waals surface area contributed by atoms with Gasteiger partial charge in [-0.05, 0) is 47.0 Å². The number of benzene rings is 7. The third-order valence-corrected chi connectivity index (χ3v) is 9.36. The fourth-order valence-electron chi connectivity index (χ4n) is 7.03. The van der Waals surface area contributed by atoms with Crippen molar-refractivity contribution in [1.82, 2.24) is 15.0 Å². The summed E-state index contributed by atoms with van der Waals surface area (Å²) in [7, 11) is 0. The van der Waals surface area contributed by atoms with Gasteiger partial charge in [-0.1, -0.05) is 133 Å². The summed E-state index contributed by atoms with van der Waals surface area (Å²) in [6, 6.07) is 55.6. The normalized spacial score (nSPS) is 11.6. The third-order valence-electron chi connectivity index (χ3n) is 9.36. The molecule has 0 radical (unpaired) electrons. The fraction of sp³-hybridized carbons (Fsp3) is 0. The van der Waals surface area contributed by atoms with Gasteiger partial charge in [0.2, 0.25) is 0 Å². The van der Waals surface area contributed by atoms with Crippen LogP contribution in [0.5, 0.6) is 0 Å². The van der Waals surface area contributed by atoms with E-state index in [1.165, 1.54) is 0 Å². The summed E-state index contributed by atoms with van der Waals surface area (Å²) in [6.07, 6.45) is 0. The third kappa shape index (κ3) is 4.60. The maximum Gasteiger partial charge on any atom is 0.164 e. The first-order valence-electron chi connectivity index (χ1n) is 16.6. The maximum absolute atomic E-state index is 6.66. The average Bonchev–Trinajstić information content (AvgIpc) is 3.77. The SMILES string of the molecule is c1ccc(-c2nc(-c3ccccc3)nc(-c3ccc4c(c3)oc3cccc(-c5ccc(-c6ccccc6)c6c5oc5ccccc56)c34)n2)cc1. The van der Waals surface area contributed by atoms with Crippen LogP contribution in [0.4, 0.5) is 0 Å². The molecule has 3 aromatic heterocycles. The molecule has 0 aliphatic heterocycles. The Morgan fingerprint density at radius 3 is 1.58 bits per heavy atom. The second-order valence-corrected chi connectivity index (χ2v) is 12.4. The molecule has 7 aromatic carbocycles. The Labute approximate surface area is 287 Å². The van der Waals surface area contributed by atoms with Gasteiger partial charge in [0.25, 0.3) is 0 Å². The smallest absolute Gasteiger partial charge is 0.164 e. The first-order valence-corrected chi connectivity index (χ1v) is 16.6. The molecule has 0 bridgehead atoms. The molecule has 0 saturated carbocycles. The van der Waals surface area contributed by atoms with Crippen molar-refractivity contribution in [2.45, 2.75) is 0 Å². The highest BCUT2D eigenvalue weighted by Crippen LogP contribution is 2.45. The molecular formula is C45H27N3O2. The summed E-state index contributed by atoms with van der Waals surface area (Å²) in [6.45, 7) is 0. The van der Waals surface area contributed by atoms with Crippen molar-refractivity contribution < 1.29 is 8.83 Å². The van der Waals surface area contributed by atoms with Gasteiger partial charge in [-0.15, -0.1) is 0 Å². The number of furan rings is 2. The van der Waals surface area contributed by atoms with Gasteiger partial charge in [0.1, 0.15) is 22.3 Å². The fourth-order valence-corrected chi connectivity index (χ4v) is 7.03. The molecule has 0 N–H and O–H groups in total. The summed E-state index contributed by atoms with van der Waals surface area (Å²) in [5.41, 5.74) is 10.4. The van der Waals surface area contributed by atoms with Crippen LogP contribution in [0, 0.1) is 0 Å². The van der Waals surface area contributed by atoms with Crippen LogP contribution >= 0.6 is 0 Å². The number of fused-ring (bicyclic) bond motifs is 6. The molecule has 0 amide bonds. The standard InChI is InChI=1S/C45H27N3O2/c1-4-13-28(14-5-1)32-25-26-34(42-41(32)35-19-10-11-21-37(35)50-42)33-20-12-22-38-40(33)36-24-23-31(27-39(36)49-38)45-47-43(29-15-6-2-7-16-29)46-44(48-45)30-17-8-3-9-18-30/h1-27H.